The number of benzene rings is 1. The van der Waals surface area contributed by atoms with Crippen LogP contribution >= 0.6 is 11.3 Å². The van der Waals surface area contributed by atoms with Crippen molar-refractivity contribution in [3.05, 3.63) is 35.3 Å². The molecule has 6 heteroatoms. The smallest absolute Gasteiger partial charge is 0.341 e. The van der Waals surface area contributed by atoms with E-state index in [4.69, 9.17) is 9.84 Å². The van der Waals surface area contributed by atoms with Gasteiger partial charge in [0, 0.05) is 11.1 Å². The quantitative estimate of drug-likeness (QED) is 0.868. The Morgan fingerprint density at radius 1 is 1.44 bits per heavy atom. The molecule has 0 amide bonds. The van der Waals surface area contributed by atoms with Gasteiger partial charge in [0.15, 0.2) is 11.7 Å². The van der Waals surface area contributed by atoms with Gasteiger partial charge in [0.25, 0.3) is 0 Å². The second-order valence-electron chi connectivity index (χ2n) is 3.63. The number of thiazole rings is 1. The lowest BCUT2D eigenvalue weighted by Crippen LogP contribution is -2.09. The monoisotopic (exact) mass is 264 g/mol. The number of hydrogen-bond acceptors (Lipinski definition) is 5. The highest BCUT2D eigenvalue weighted by atomic mass is 32.1. The van der Waals surface area contributed by atoms with Gasteiger partial charge in [0.1, 0.15) is 5.75 Å². The molecule has 18 heavy (non-hydrogen) atoms. The van der Waals surface area contributed by atoms with E-state index in [2.05, 4.69) is 10.3 Å². The first-order chi connectivity index (χ1) is 8.63. The highest BCUT2D eigenvalue weighted by Crippen LogP contribution is 2.22. The molecule has 0 bridgehead atoms. The normalized spacial score (nSPS) is 10.1. The number of rotatable bonds is 5. The number of hydrogen-bond donors (Lipinski definition) is 2. The number of carbonyl (C=O) groups is 1. The third-order valence-corrected chi connectivity index (χ3v) is 2.96. The van der Waals surface area contributed by atoms with Gasteiger partial charge in [0.05, 0.1) is 5.69 Å². The molecule has 0 fully saturated rings. The minimum Gasteiger partial charge on any atom is -0.482 e. The zero-order valence-electron chi connectivity index (χ0n) is 9.71. The van der Waals surface area contributed by atoms with Gasteiger partial charge in [-0.05, 0) is 31.2 Å². The van der Waals surface area contributed by atoms with Crippen molar-refractivity contribution in [1.29, 1.82) is 0 Å². The number of aliphatic carboxylic acids is 1. The van der Waals surface area contributed by atoms with Gasteiger partial charge in [0.2, 0.25) is 0 Å². The van der Waals surface area contributed by atoms with Crippen LogP contribution in [0.5, 0.6) is 5.75 Å². The van der Waals surface area contributed by atoms with E-state index in [0.717, 1.165) is 16.5 Å². The first-order valence-corrected chi connectivity index (χ1v) is 6.15. The number of anilines is 2. The lowest BCUT2D eigenvalue weighted by Gasteiger charge is -2.05. The van der Waals surface area contributed by atoms with Gasteiger partial charge in [-0.15, -0.1) is 11.3 Å². The molecule has 0 aliphatic heterocycles. The molecular formula is C12H12N2O3S. The molecule has 0 atom stereocenters. The topological polar surface area (TPSA) is 71.5 Å². The van der Waals surface area contributed by atoms with Gasteiger partial charge >= 0.3 is 5.97 Å². The number of nitrogens with zero attached hydrogens (tertiary/aromatic N) is 1. The molecule has 1 aromatic carbocycles. The van der Waals surface area contributed by atoms with E-state index in [1.54, 1.807) is 12.1 Å². The lowest BCUT2D eigenvalue weighted by atomic mass is 10.3. The third-order valence-electron chi connectivity index (χ3n) is 2.09. The van der Waals surface area contributed by atoms with Gasteiger partial charge in [-0.2, -0.15) is 0 Å². The molecular weight excluding hydrogens is 252 g/mol. The summed E-state index contributed by atoms with van der Waals surface area (Å²) >= 11 is 1.53. The summed E-state index contributed by atoms with van der Waals surface area (Å²) in [6.45, 7) is 1.60. The number of carboxylic acid groups (broad SMARTS) is 1. The van der Waals surface area contributed by atoms with Crippen LogP contribution in [0.2, 0.25) is 0 Å². The molecule has 0 aliphatic carbocycles. The SMILES string of the molecule is Cc1csc(Nc2ccc(OCC(=O)O)cc2)n1. The van der Waals surface area contributed by atoms with E-state index in [1.165, 1.54) is 11.3 Å². The molecule has 2 aromatic rings. The molecule has 0 saturated carbocycles. The fourth-order valence-corrected chi connectivity index (χ4v) is 2.02. The van der Waals surface area contributed by atoms with E-state index >= 15 is 0 Å². The van der Waals surface area contributed by atoms with Crippen molar-refractivity contribution < 1.29 is 14.6 Å². The van der Waals surface area contributed by atoms with E-state index in [0.29, 0.717) is 5.75 Å². The van der Waals surface area contributed by atoms with Gasteiger partial charge in [-0.25, -0.2) is 9.78 Å². The van der Waals surface area contributed by atoms with Crippen molar-refractivity contribution in [2.75, 3.05) is 11.9 Å². The van der Waals surface area contributed by atoms with Crippen molar-refractivity contribution in [3.8, 4) is 5.75 Å². The molecule has 0 unspecified atom stereocenters. The largest absolute Gasteiger partial charge is 0.482 e. The minimum atomic E-state index is -0.990. The summed E-state index contributed by atoms with van der Waals surface area (Å²) in [4.78, 5) is 14.6. The molecule has 2 rings (SSSR count). The number of carboxylic acids is 1. The van der Waals surface area contributed by atoms with Gasteiger partial charge in [-0.1, -0.05) is 0 Å². The van der Waals surface area contributed by atoms with Crippen LogP contribution in [0.1, 0.15) is 5.69 Å². The first-order valence-electron chi connectivity index (χ1n) is 5.27. The fourth-order valence-electron chi connectivity index (χ4n) is 1.31. The molecule has 0 radical (unpaired) electrons. The predicted molar refractivity (Wildman–Crippen MR) is 69.7 cm³/mol. The van der Waals surface area contributed by atoms with E-state index in [1.807, 2.05) is 24.4 Å². The average Bonchev–Trinajstić information content (AvgIpc) is 2.74. The summed E-state index contributed by atoms with van der Waals surface area (Å²) in [6, 6.07) is 7.05. The fraction of sp³-hybridized carbons (Fsp3) is 0.167. The number of ether oxygens (including phenoxy) is 1. The Labute approximate surface area is 108 Å². The molecule has 5 nitrogen and oxygen atoms in total. The summed E-state index contributed by atoms with van der Waals surface area (Å²) in [5, 5.41) is 14.4. The molecule has 0 saturated heterocycles. The highest BCUT2D eigenvalue weighted by Gasteiger charge is 2.01. The third kappa shape index (κ3) is 3.46. The van der Waals surface area contributed by atoms with Gasteiger partial charge < -0.3 is 15.2 Å². The Kier molecular flexibility index (Phi) is 3.78. The van der Waals surface area contributed by atoms with Crippen LogP contribution in [-0.2, 0) is 4.79 Å². The summed E-state index contributed by atoms with van der Waals surface area (Å²) < 4.78 is 5.04. The number of aromatic nitrogens is 1. The van der Waals surface area contributed by atoms with Crippen LogP contribution in [0, 0.1) is 6.92 Å². The maximum absolute atomic E-state index is 10.3. The second kappa shape index (κ2) is 5.50. The van der Waals surface area contributed by atoms with E-state index in [-0.39, 0.29) is 6.61 Å². The summed E-state index contributed by atoms with van der Waals surface area (Å²) in [5.41, 5.74) is 1.86. The van der Waals surface area contributed by atoms with Crippen molar-refractivity contribution in [3.63, 3.8) is 0 Å². The molecule has 94 valence electrons. The highest BCUT2D eigenvalue weighted by molar-refractivity contribution is 7.13. The molecule has 1 heterocycles. The maximum Gasteiger partial charge on any atom is 0.341 e. The number of nitrogens with one attached hydrogen (secondary N) is 1. The van der Waals surface area contributed by atoms with Crippen LogP contribution in [0.15, 0.2) is 29.6 Å². The van der Waals surface area contributed by atoms with E-state index in [9.17, 15) is 4.79 Å². The van der Waals surface area contributed by atoms with Crippen LogP contribution in [0.4, 0.5) is 10.8 Å². The Hall–Kier alpha value is -2.08. The Morgan fingerprint density at radius 3 is 2.72 bits per heavy atom. The Bertz CT molecular complexity index is 537. The zero-order valence-corrected chi connectivity index (χ0v) is 10.5. The predicted octanol–water partition coefficient (Wildman–Crippen LogP) is 2.66. The second-order valence-corrected chi connectivity index (χ2v) is 4.48. The minimum absolute atomic E-state index is 0.335. The van der Waals surface area contributed by atoms with Crippen LogP contribution in [0.25, 0.3) is 0 Å². The molecule has 2 N–H and O–H groups in total. The molecule has 0 aliphatic rings. The van der Waals surface area contributed by atoms with Crippen molar-refractivity contribution >= 4 is 28.1 Å². The summed E-state index contributed by atoms with van der Waals surface area (Å²) in [6.07, 6.45) is 0. The van der Waals surface area contributed by atoms with E-state index < -0.39 is 5.97 Å². The lowest BCUT2D eigenvalue weighted by molar-refractivity contribution is -0.139. The van der Waals surface area contributed by atoms with Crippen LogP contribution < -0.4 is 10.1 Å². The number of aryl methyl sites for hydroxylation is 1. The average molecular weight is 264 g/mol. The standard InChI is InChI=1S/C12H12N2O3S/c1-8-7-18-12(13-8)14-9-2-4-10(5-3-9)17-6-11(15)16/h2-5,7H,6H2,1H3,(H,13,14)(H,15,16). The maximum atomic E-state index is 10.3. The first kappa shape index (κ1) is 12.4. The van der Waals surface area contributed by atoms with Crippen LogP contribution in [0.3, 0.4) is 0 Å². The van der Waals surface area contributed by atoms with Crippen LogP contribution in [-0.4, -0.2) is 22.7 Å². The molecule has 0 spiro atoms. The van der Waals surface area contributed by atoms with Crippen molar-refractivity contribution in [1.82, 2.24) is 4.98 Å². The van der Waals surface area contributed by atoms with Crippen molar-refractivity contribution in [2.45, 2.75) is 6.92 Å². The van der Waals surface area contributed by atoms with Gasteiger partial charge in [-0.3, -0.25) is 0 Å². The summed E-state index contributed by atoms with van der Waals surface area (Å²) in [7, 11) is 0. The summed E-state index contributed by atoms with van der Waals surface area (Å²) in [5.74, 6) is -0.464. The molecule has 1 aromatic heterocycles. The Balaban J connectivity index is 1.97. The zero-order chi connectivity index (χ0) is 13.0. The van der Waals surface area contributed by atoms with Crippen molar-refractivity contribution in [2.24, 2.45) is 0 Å². The Morgan fingerprint density at radius 2 is 2.17 bits per heavy atom.